The van der Waals surface area contributed by atoms with E-state index in [0.29, 0.717) is 6.54 Å². The van der Waals surface area contributed by atoms with E-state index >= 15 is 0 Å². The van der Waals surface area contributed by atoms with Crippen molar-refractivity contribution in [3.05, 3.63) is 29.8 Å². The summed E-state index contributed by atoms with van der Waals surface area (Å²) in [6, 6.07) is 8.39. The summed E-state index contributed by atoms with van der Waals surface area (Å²) in [4.78, 5) is 6.72. The molecule has 1 aliphatic heterocycles. The summed E-state index contributed by atoms with van der Waals surface area (Å²) >= 11 is 0. The number of likely N-dealkylation sites (N-methyl/N-ethyl adjacent to an activating group) is 1. The molecule has 1 saturated heterocycles. The van der Waals surface area contributed by atoms with Gasteiger partial charge in [0.1, 0.15) is 0 Å². The van der Waals surface area contributed by atoms with Crippen LogP contribution in [-0.4, -0.2) is 91.6 Å². The first kappa shape index (κ1) is 21.1. The van der Waals surface area contributed by atoms with E-state index in [1.807, 2.05) is 14.1 Å². The maximum atomic E-state index is 12.2. The van der Waals surface area contributed by atoms with Gasteiger partial charge in [-0.3, -0.25) is 4.90 Å². The summed E-state index contributed by atoms with van der Waals surface area (Å²) in [5.74, 6) is -0.0154. The Bertz CT molecular complexity index is 641. The molecule has 1 atom stereocenters. The van der Waals surface area contributed by atoms with Gasteiger partial charge in [-0.05, 0) is 24.7 Å². The number of sulfonamides is 1. The van der Waals surface area contributed by atoms with Crippen LogP contribution in [0.4, 0.5) is 5.69 Å². The molecule has 8 heteroatoms. The molecule has 1 aromatic rings. The van der Waals surface area contributed by atoms with Crippen molar-refractivity contribution in [3.63, 3.8) is 0 Å². The van der Waals surface area contributed by atoms with Crippen molar-refractivity contribution in [1.29, 1.82) is 0 Å². The van der Waals surface area contributed by atoms with Gasteiger partial charge in [0.2, 0.25) is 10.0 Å². The third-order valence-corrected chi connectivity index (χ3v) is 6.14. The lowest BCUT2D eigenvalue weighted by Crippen LogP contribution is -2.48. The van der Waals surface area contributed by atoms with Crippen molar-refractivity contribution in [2.75, 3.05) is 78.2 Å². The Morgan fingerprint density at radius 3 is 2.31 bits per heavy atom. The lowest BCUT2D eigenvalue weighted by atomic mass is 10.0. The minimum Gasteiger partial charge on any atom is -0.384 e. The number of nitrogens with zero attached hydrogens (tertiary/aromatic N) is 3. The zero-order valence-electron chi connectivity index (χ0n) is 16.3. The van der Waals surface area contributed by atoms with Crippen molar-refractivity contribution in [2.45, 2.75) is 6.04 Å². The minimum absolute atomic E-state index is 0.0154. The molecule has 148 valence electrons. The molecule has 0 radical (unpaired) electrons. The molecular formula is C18H32N4O3S. The Morgan fingerprint density at radius 1 is 1.15 bits per heavy atom. The fourth-order valence-electron chi connectivity index (χ4n) is 3.06. The van der Waals surface area contributed by atoms with E-state index in [4.69, 9.17) is 4.74 Å². The van der Waals surface area contributed by atoms with Crippen LogP contribution in [0, 0.1) is 0 Å². The molecule has 0 unspecified atom stereocenters. The zero-order valence-corrected chi connectivity index (χ0v) is 17.1. The highest BCUT2D eigenvalue weighted by Gasteiger charge is 2.25. The van der Waals surface area contributed by atoms with Gasteiger partial charge in [0.25, 0.3) is 0 Å². The fraction of sp³-hybridized carbons (Fsp3) is 0.667. The molecule has 0 amide bonds. The molecule has 0 spiro atoms. The highest BCUT2D eigenvalue weighted by Crippen LogP contribution is 2.24. The summed E-state index contributed by atoms with van der Waals surface area (Å²) in [7, 11) is 4.31. The van der Waals surface area contributed by atoms with Crippen LogP contribution in [0.2, 0.25) is 0 Å². The lowest BCUT2D eigenvalue weighted by Gasteiger charge is -2.38. The van der Waals surface area contributed by atoms with Gasteiger partial charge in [-0.2, -0.15) is 0 Å². The number of piperazine rings is 1. The van der Waals surface area contributed by atoms with Gasteiger partial charge >= 0.3 is 0 Å². The lowest BCUT2D eigenvalue weighted by molar-refractivity contribution is 0.113. The van der Waals surface area contributed by atoms with Gasteiger partial charge in [-0.15, -0.1) is 0 Å². The molecule has 7 nitrogen and oxygen atoms in total. The van der Waals surface area contributed by atoms with Crippen molar-refractivity contribution < 1.29 is 13.2 Å². The maximum Gasteiger partial charge on any atom is 0.213 e. The number of hydrogen-bond donors (Lipinski definition) is 1. The van der Waals surface area contributed by atoms with E-state index < -0.39 is 10.0 Å². The predicted octanol–water partition coefficient (Wildman–Crippen LogP) is 0.607. The Labute approximate surface area is 158 Å². The van der Waals surface area contributed by atoms with E-state index in [9.17, 15) is 8.42 Å². The van der Waals surface area contributed by atoms with E-state index in [2.05, 4.69) is 50.7 Å². The SMILES string of the molecule is COCCS(=O)(=O)NC[C@H](c1ccc(N(C)C)cc1)N1CCN(C)CC1. The van der Waals surface area contributed by atoms with E-state index in [1.54, 1.807) is 0 Å². The summed E-state index contributed by atoms with van der Waals surface area (Å²) in [6.45, 7) is 4.40. The van der Waals surface area contributed by atoms with E-state index in [-0.39, 0.29) is 18.4 Å². The molecule has 26 heavy (non-hydrogen) atoms. The molecule has 1 fully saturated rings. The predicted molar refractivity (Wildman–Crippen MR) is 106 cm³/mol. The number of hydrogen-bond acceptors (Lipinski definition) is 6. The van der Waals surface area contributed by atoms with Crippen LogP contribution in [0.3, 0.4) is 0 Å². The zero-order chi connectivity index (χ0) is 19.2. The van der Waals surface area contributed by atoms with Gasteiger partial charge in [-0.25, -0.2) is 13.1 Å². The molecule has 0 saturated carbocycles. The molecule has 0 aliphatic carbocycles. The Hall–Kier alpha value is -1.19. The van der Waals surface area contributed by atoms with Crippen molar-refractivity contribution >= 4 is 15.7 Å². The highest BCUT2D eigenvalue weighted by atomic mass is 32.2. The summed E-state index contributed by atoms with van der Waals surface area (Å²) in [5, 5.41) is 0. The van der Waals surface area contributed by atoms with Gasteiger partial charge in [0.05, 0.1) is 12.4 Å². The van der Waals surface area contributed by atoms with Gasteiger partial charge in [0, 0.05) is 65.7 Å². The first-order chi connectivity index (χ1) is 12.3. The first-order valence-electron chi connectivity index (χ1n) is 8.98. The average molecular weight is 385 g/mol. The van der Waals surface area contributed by atoms with Crippen LogP contribution in [0.1, 0.15) is 11.6 Å². The third kappa shape index (κ3) is 6.21. The molecular weight excluding hydrogens is 352 g/mol. The standard InChI is InChI=1S/C18H32N4O3S/c1-20(2)17-7-5-16(6-8-17)18(22-11-9-21(3)10-12-22)15-19-26(23,24)14-13-25-4/h5-8,18-19H,9-15H2,1-4H3/t18-/m1/s1. The van der Waals surface area contributed by atoms with Crippen LogP contribution >= 0.6 is 0 Å². The third-order valence-electron chi connectivity index (χ3n) is 4.83. The normalized spacial score (nSPS) is 18.0. The molecule has 0 bridgehead atoms. The Morgan fingerprint density at radius 2 is 1.77 bits per heavy atom. The second-order valence-electron chi connectivity index (χ2n) is 7.00. The number of anilines is 1. The van der Waals surface area contributed by atoms with E-state index in [0.717, 1.165) is 37.4 Å². The summed E-state index contributed by atoms with van der Waals surface area (Å²) < 4.78 is 32.0. The number of ether oxygens (including phenoxy) is 1. The van der Waals surface area contributed by atoms with Crippen LogP contribution in [0.15, 0.2) is 24.3 Å². The smallest absolute Gasteiger partial charge is 0.213 e. The number of methoxy groups -OCH3 is 1. The van der Waals surface area contributed by atoms with Crippen LogP contribution in [0.25, 0.3) is 0 Å². The van der Waals surface area contributed by atoms with Gasteiger partial charge in [-0.1, -0.05) is 12.1 Å². The second-order valence-corrected chi connectivity index (χ2v) is 8.93. The maximum absolute atomic E-state index is 12.2. The molecule has 1 N–H and O–H groups in total. The molecule has 1 aliphatic rings. The van der Waals surface area contributed by atoms with Crippen LogP contribution in [-0.2, 0) is 14.8 Å². The van der Waals surface area contributed by atoms with Gasteiger partial charge in [0.15, 0.2) is 0 Å². The topological polar surface area (TPSA) is 65.1 Å². The van der Waals surface area contributed by atoms with E-state index in [1.165, 1.54) is 7.11 Å². The number of benzene rings is 1. The number of nitrogens with one attached hydrogen (secondary N) is 1. The fourth-order valence-corrected chi connectivity index (χ4v) is 4.00. The number of rotatable bonds is 9. The largest absolute Gasteiger partial charge is 0.384 e. The van der Waals surface area contributed by atoms with Crippen molar-refractivity contribution in [2.24, 2.45) is 0 Å². The van der Waals surface area contributed by atoms with Crippen LogP contribution < -0.4 is 9.62 Å². The van der Waals surface area contributed by atoms with Crippen molar-refractivity contribution in [1.82, 2.24) is 14.5 Å². The quantitative estimate of drug-likeness (QED) is 0.673. The molecule has 2 rings (SSSR count). The minimum atomic E-state index is -3.34. The first-order valence-corrected chi connectivity index (χ1v) is 10.6. The molecule has 1 aromatic carbocycles. The Balaban J connectivity index is 2.13. The average Bonchev–Trinajstić information content (AvgIpc) is 2.62. The van der Waals surface area contributed by atoms with Crippen molar-refractivity contribution in [3.8, 4) is 0 Å². The summed E-state index contributed by atoms with van der Waals surface area (Å²) in [5.41, 5.74) is 2.26. The van der Waals surface area contributed by atoms with Crippen LogP contribution in [0.5, 0.6) is 0 Å². The molecule has 1 heterocycles. The Kier molecular flexibility index (Phi) is 7.85. The molecule has 0 aromatic heterocycles. The summed E-state index contributed by atoms with van der Waals surface area (Å²) in [6.07, 6.45) is 0. The van der Waals surface area contributed by atoms with Gasteiger partial charge < -0.3 is 14.5 Å². The highest BCUT2D eigenvalue weighted by molar-refractivity contribution is 7.89. The monoisotopic (exact) mass is 384 g/mol. The second kappa shape index (κ2) is 9.66.